The third-order valence-electron chi connectivity index (χ3n) is 2.58. The molecule has 1 amide bonds. The van der Waals surface area contributed by atoms with Crippen molar-refractivity contribution in [2.45, 2.75) is 19.3 Å². The summed E-state index contributed by atoms with van der Waals surface area (Å²) >= 11 is 12.4. The minimum absolute atomic E-state index is 0.0443. The van der Waals surface area contributed by atoms with Crippen LogP contribution in [-0.2, 0) is 0 Å². The highest BCUT2D eigenvalue weighted by molar-refractivity contribution is 9.11. The summed E-state index contributed by atoms with van der Waals surface area (Å²) in [6.07, 6.45) is 3.06. The van der Waals surface area contributed by atoms with Crippen LogP contribution in [0.2, 0.25) is 0 Å². The molecule has 0 atom stereocenters. The first-order valence-corrected chi connectivity index (χ1v) is 7.94. The van der Waals surface area contributed by atoms with E-state index in [1.807, 2.05) is 25.2 Å². The van der Waals surface area contributed by atoms with Crippen LogP contribution in [0.1, 0.15) is 29.6 Å². The van der Waals surface area contributed by atoms with E-state index in [4.69, 9.17) is 11.6 Å². The summed E-state index contributed by atoms with van der Waals surface area (Å²) in [5.41, 5.74) is 0.691. The molecule has 0 saturated heterocycles. The topological polar surface area (TPSA) is 20.3 Å². The number of benzene rings is 1. The van der Waals surface area contributed by atoms with Gasteiger partial charge in [0.1, 0.15) is 0 Å². The maximum atomic E-state index is 12.2. The van der Waals surface area contributed by atoms with Crippen molar-refractivity contribution in [1.29, 1.82) is 0 Å². The predicted molar refractivity (Wildman–Crippen MR) is 83.4 cm³/mol. The van der Waals surface area contributed by atoms with Crippen LogP contribution >= 0.6 is 43.5 Å². The van der Waals surface area contributed by atoms with E-state index in [-0.39, 0.29) is 5.91 Å². The molecule has 1 aromatic rings. The molecule has 100 valence electrons. The monoisotopic (exact) mass is 395 g/mol. The van der Waals surface area contributed by atoms with Gasteiger partial charge >= 0.3 is 0 Å². The van der Waals surface area contributed by atoms with Crippen LogP contribution in [0.4, 0.5) is 0 Å². The summed E-state index contributed by atoms with van der Waals surface area (Å²) < 4.78 is 1.80. The number of carbonyl (C=O) groups excluding carboxylic acids is 1. The molecule has 0 aliphatic carbocycles. The van der Waals surface area contributed by atoms with Crippen LogP contribution in [0.15, 0.2) is 27.1 Å². The largest absolute Gasteiger partial charge is 0.342 e. The molecule has 0 aliphatic heterocycles. The molecule has 5 heteroatoms. The first-order valence-electron chi connectivity index (χ1n) is 5.82. The number of halogens is 3. The number of unbranched alkanes of at least 4 members (excludes halogenated alkanes) is 2. The SMILES string of the molecule is CN(CCCCCCl)C(=O)c1cc(Br)cc(Br)c1. The minimum Gasteiger partial charge on any atom is -0.342 e. The van der Waals surface area contributed by atoms with Gasteiger partial charge in [-0.3, -0.25) is 4.79 Å². The fourth-order valence-corrected chi connectivity index (χ4v) is 3.10. The number of carbonyl (C=O) groups is 1. The molecule has 0 aromatic heterocycles. The Labute approximate surface area is 130 Å². The van der Waals surface area contributed by atoms with Crippen molar-refractivity contribution in [3.63, 3.8) is 0 Å². The highest BCUT2D eigenvalue weighted by atomic mass is 79.9. The van der Waals surface area contributed by atoms with Crippen molar-refractivity contribution < 1.29 is 4.79 Å². The minimum atomic E-state index is 0.0443. The Hall–Kier alpha value is -0.0600. The standard InChI is InChI=1S/C13H16Br2ClNO/c1-17(6-4-2-3-5-16)13(18)10-7-11(14)9-12(15)8-10/h7-9H,2-6H2,1H3. The van der Waals surface area contributed by atoms with Crippen LogP contribution in [0.3, 0.4) is 0 Å². The van der Waals surface area contributed by atoms with E-state index in [0.717, 1.165) is 34.8 Å². The van der Waals surface area contributed by atoms with Crippen molar-refractivity contribution in [2.24, 2.45) is 0 Å². The Bertz CT molecular complexity index is 392. The van der Waals surface area contributed by atoms with Crippen LogP contribution in [0.25, 0.3) is 0 Å². The van der Waals surface area contributed by atoms with Crippen molar-refractivity contribution in [1.82, 2.24) is 4.90 Å². The summed E-state index contributed by atoms with van der Waals surface area (Å²) in [6, 6.07) is 5.59. The first kappa shape index (κ1) is 16.0. The molecule has 1 aromatic carbocycles. The van der Waals surface area contributed by atoms with Gasteiger partial charge in [-0.15, -0.1) is 11.6 Å². The molecule has 1 rings (SSSR count). The third kappa shape index (κ3) is 5.29. The molecule has 0 heterocycles. The number of amides is 1. The molecule has 0 unspecified atom stereocenters. The zero-order valence-corrected chi connectivity index (χ0v) is 14.2. The summed E-state index contributed by atoms with van der Waals surface area (Å²) in [5.74, 6) is 0.735. The van der Waals surface area contributed by atoms with Crippen LogP contribution in [-0.4, -0.2) is 30.3 Å². The van der Waals surface area contributed by atoms with Gasteiger partial charge in [0.05, 0.1) is 0 Å². The van der Waals surface area contributed by atoms with Crippen molar-refractivity contribution in [2.75, 3.05) is 19.5 Å². The van der Waals surface area contributed by atoms with E-state index in [2.05, 4.69) is 31.9 Å². The predicted octanol–water partition coefficient (Wildman–Crippen LogP) is 4.69. The molecule has 0 fully saturated rings. The van der Waals surface area contributed by atoms with Gasteiger partial charge in [0.15, 0.2) is 0 Å². The van der Waals surface area contributed by atoms with Crippen molar-refractivity contribution >= 4 is 49.4 Å². The Morgan fingerprint density at radius 2 is 1.78 bits per heavy atom. The molecule has 0 spiro atoms. The smallest absolute Gasteiger partial charge is 0.253 e. The molecule has 0 N–H and O–H groups in total. The van der Waals surface area contributed by atoms with E-state index in [9.17, 15) is 4.79 Å². The lowest BCUT2D eigenvalue weighted by atomic mass is 10.2. The lowest BCUT2D eigenvalue weighted by molar-refractivity contribution is 0.0792. The number of hydrogen-bond acceptors (Lipinski definition) is 1. The average molecular weight is 398 g/mol. The second-order valence-corrected chi connectivity index (χ2v) is 6.34. The van der Waals surface area contributed by atoms with Gasteiger partial charge in [-0.05, 0) is 31.0 Å². The second kappa shape index (κ2) is 8.18. The van der Waals surface area contributed by atoms with Crippen molar-refractivity contribution in [3.05, 3.63) is 32.7 Å². The van der Waals surface area contributed by atoms with Crippen LogP contribution in [0, 0.1) is 0 Å². The maximum absolute atomic E-state index is 12.2. The lowest BCUT2D eigenvalue weighted by Crippen LogP contribution is -2.27. The third-order valence-corrected chi connectivity index (χ3v) is 3.77. The molecule has 0 aliphatic rings. The second-order valence-electron chi connectivity index (χ2n) is 4.13. The molecule has 18 heavy (non-hydrogen) atoms. The first-order chi connectivity index (χ1) is 8.54. The number of alkyl halides is 1. The average Bonchev–Trinajstić information content (AvgIpc) is 2.32. The Kier molecular flexibility index (Phi) is 7.27. The molecule has 0 saturated carbocycles. The van der Waals surface area contributed by atoms with Crippen molar-refractivity contribution in [3.8, 4) is 0 Å². The Morgan fingerprint density at radius 1 is 1.17 bits per heavy atom. The number of hydrogen-bond donors (Lipinski definition) is 0. The van der Waals surface area contributed by atoms with E-state index < -0.39 is 0 Å². The van der Waals surface area contributed by atoms with E-state index in [1.165, 1.54) is 0 Å². The van der Waals surface area contributed by atoms with Gasteiger partial charge in [0.2, 0.25) is 0 Å². The number of nitrogens with zero attached hydrogens (tertiary/aromatic N) is 1. The van der Waals surface area contributed by atoms with E-state index in [0.29, 0.717) is 11.4 Å². The zero-order valence-electron chi connectivity index (χ0n) is 10.3. The summed E-state index contributed by atoms with van der Waals surface area (Å²) in [5, 5.41) is 0. The molecule has 0 bridgehead atoms. The molecule has 0 radical (unpaired) electrons. The molecular weight excluding hydrogens is 381 g/mol. The Morgan fingerprint density at radius 3 is 2.33 bits per heavy atom. The van der Waals surface area contributed by atoms with E-state index >= 15 is 0 Å². The quantitative estimate of drug-likeness (QED) is 0.504. The maximum Gasteiger partial charge on any atom is 0.253 e. The summed E-state index contributed by atoms with van der Waals surface area (Å²) in [4.78, 5) is 13.9. The van der Waals surface area contributed by atoms with E-state index in [1.54, 1.807) is 4.90 Å². The van der Waals surface area contributed by atoms with Crippen LogP contribution in [0.5, 0.6) is 0 Å². The Balaban J connectivity index is 2.57. The fourth-order valence-electron chi connectivity index (χ4n) is 1.62. The van der Waals surface area contributed by atoms with Gasteiger partial charge in [-0.2, -0.15) is 0 Å². The van der Waals surface area contributed by atoms with Gasteiger partial charge in [-0.1, -0.05) is 38.3 Å². The van der Waals surface area contributed by atoms with Gasteiger partial charge in [-0.25, -0.2) is 0 Å². The normalized spacial score (nSPS) is 10.4. The fraction of sp³-hybridized carbons (Fsp3) is 0.462. The highest BCUT2D eigenvalue weighted by Crippen LogP contribution is 2.21. The van der Waals surface area contributed by atoms with Gasteiger partial charge in [0, 0.05) is 34.0 Å². The molecular formula is C13H16Br2ClNO. The van der Waals surface area contributed by atoms with Crippen LogP contribution < -0.4 is 0 Å². The summed E-state index contributed by atoms with van der Waals surface area (Å²) in [6.45, 7) is 0.764. The van der Waals surface area contributed by atoms with Gasteiger partial charge in [0.25, 0.3) is 5.91 Å². The summed E-state index contributed by atoms with van der Waals surface area (Å²) in [7, 11) is 1.83. The molecule has 2 nitrogen and oxygen atoms in total. The number of rotatable bonds is 6. The zero-order chi connectivity index (χ0) is 13.5. The lowest BCUT2D eigenvalue weighted by Gasteiger charge is -2.17. The highest BCUT2D eigenvalue weighted by Gasteiger charge is 2.12. The van der Waals surface area contributed by atoms with Gasteiger partial charge < -0.3 is 4.90 Å².